The zero-order valence-corrected chi connectivity index (χ0v) is 35.6. The third kappa shape index (κ3) is 6.94. The number of ketones is 1. The van der Waals surface area contributed by atoms with Gasteiger partial charge in [0.2, 0.25) is 0 Å². The van der Waals surface area contributed by atoms with Crippen molar-refractivity contribution in [3.05, 3.63) is 70.8 Å². The molecule has 3 aliphatic carbocycles. The molecule has 53 heavy (non-hydrogen) atoms. The molecular formula is C46H69NO5Si. The van der Waals surface area contributed by atoms with E-state index in [4.69, 9.17) is 19.6 Å². The Hall–Kier alpha value is -2.29. The number of carbonyl (C=O) groups is 1. The van der Waals surface area contributed by atoms with Gasteiger partial charge in [-0.05, 0) is 141 Å². The van der Waals surface area contributed by atoms with Gasteiger partial charge in [-0.3, -0.25) is 4.79 Å². The Balaban J connectivity index is 1.35. The number of nitrogens with two attached hydrogens (primary N) is 1. The summed E-state index contributed by atoms with van der Waals surface area (Å²) in [5, 5.41) is 11.0. The van der Waals surface area contributed by atoms with Gasteiger partial charge in [0.15, 0.2) is 8.32 Å². The molecular weight excluding hydrogens is 675 g/mol. The van der Waals surface area contributed by atoms with Gasteiger partial charge in [-0.1, -0.05) is 71.9 Å². The second-order valence-corrected chi connectivity index (χ2v) is 23.7. The standard InChI is InChI=1S/C46H69NO5Si/c1-11-53(12-2,13-3)51-41-21-22-45(9)39(44(41,8)30-50-29-31-17-15-14-16-18-31)20-19-34(28-48)46(45,10)40(49)26-33-23-35-32(25-38(33)47)24-37-36(35)27-42(4,5)52-43(37,6)7/h14-18,23,25,27,34,37,39,41,48H,11-13,19-22,24,26,28-30,47H2,1-10H3/t34-,37-,39-,41-,44-,45-,46+/m0/s1. The highest BCUT2D eigenvalue weighted by molar-refractivity contribution is 6.73. The number of benzene rings is 2. The molecule has 4 aliphatic rings. The number of anilines is 1. The zero-order valence-electron chi connectivity index (χ0n) is 34.6. The molecule has 6 nitrogen and oxygen atoms in total. The van der Waals surface area contributed by atoms with E-state index >= 15 is 4.79 Å². The van der Waals surface area contributed by atoms with Crippen LogP contribution in [0.1, 0.15) is 117 Å². The van der Waals surface area contributed by atoms with E-state index in [0.29, 0.717) is 18.9 Å². The second kappa shape index (κ2) is 14.7. The van der Waals surface area contributed by atoms with Crippen molar-refractivity contribution in [2.75, 3.05) is 18.9 Å². The normalized spacial score (nSPS) is 33.1. The molecule has 7 heteroatoms. The van der Waals surface area contributed by atoms with E-state index in [0.717, 1.165) is 61.4 Å². The summed E-state index contributed by atoms with van der Waals surface area (Å²) in [6.45, 7) is 23.6. The molecule has 0 bridgehead atoms. The van der Waals surface area contributed by atoms with E-state index in [-0.39, 0.29) is 64.7 Å². The number of carbonyl (C=O) groups excluding carboxylic acids is 1. The largest absolute Gasteiger partial charge is 0.413 e. The van der Waals surface area contributed by atoms with Gasteiger partial charge in [0, 0.05) is 35.5 Å². The number of Topliss-reactive ketones (excluding diaryl/α,β-unsaturated/α-hetero) is 1. The first kappa shape index (κ1) is 40.4. The number of rotatable bonds is 13. The van der Waals surface area contributed by atoms with Crippen molar-refractivity contribution in [1.82, 2.24) is 0 Å². The van der Waals surface area contributed by atoms with E-state index in [1.54, 1.807) is 0 Å². The fourth-order valence-corrected chi connectivity index (χ4v) is 14.9. The van der Waals surface area contributed by atoms with Crippen LogP contribution in [0.2, 0.25) is 18.1 Å². The fourth-order valence-electron chi connectivity index (χ4n) is 11.9. The minimum atomic E-state index is -1.94. The minimum absolute atomic E-state index is 0.00162. The molecule has 2 aromatic rings. The average molecular weight is 744 g/mol. The first-order valence-corrected chi connectivity index (χ1v) is 23.2. The van der Waals surface area contributed by atoms with Gasteiger partial charge >= 0.3 is 0 Å². The highest BCUT2D eigenvalue weighted by Crippen LogP contribution is 2.67. The maximum atomic E-state index is 15.3. The quantitative estimate of drug-likeness (QED) is 0.157. The Labute approximate surface area is 321 Å². The Morgan fingerprint density at radius 2 is 1.64 bits per heavy atom. The van der Waals surface area contributed by atoms with Crippen molar-refractivity contribution in [1.29, 1.82) is 0 Å². The number of aliphatic hydroxyl groups is 1. The van der Waals surface area contributed by atoms with Crippen LogP contribution in [0.5, 0.6) is 0 Å². The van der Waals surface area contributed by atoms with Crippen molar-refractivity contribution in [3.63, 3.8) is 0 Å². The Morgan fingerprint density at radius 3 is 2.28 bits per heavy atom. The first-order chi connectivity index (χ1) is 24.9. The summed E-state index contributed by atoms with van der Waals surface area (Å²) >= 11 is 0. The molecule has 6 rings (SSSR count). The highest BCUT2D eigenvalue weighted by atomic mass is 28.4. The van der Waals surface area contributed by atoms with Crippen molar-refractivity contribution in [2.45, 2.75) is 150 Å². The van der Waals surface area contributed by atoms with Crippen LogP contribution in [0.4, 0.5) is 5.69 Å². The summed E-state index contributed by atoms with van der Waals surface area (Å²) in [5.74, 6) is 0.504. The number of aliphatic hydroxyl groups excluding tert-OH is 1. The van der Waals surface area contributed by atoms with Gasteiger partial charge in [0.05, 0.1) is 30.5 Å². The molecule has 0 unspecified atom stereocenters. The predicted octanol–water partition coefficient (Wildman–Crippen LogP) is 9.96. The second-order valence-electron chi connectivity index (χ2n) is 19.0. The van der Waals surface area contributed by atoms with Gasteiger partial charge in [-0.2, -0.15) is 0 Å². The van der Waals surface area contributed by atoms with Gasteiger partial charge in [-0.25, -0.2) is 0 Å². The highest BCUT2D eigenvalue weighted by Gasteiger charge is 2.66. The van der Waals surface area contributed by atoms with Crippen molar-refractivity contribution < 1.29 is 23.8 Å². The summed E-state index contributed by atoms with van der Waals surface area (Å²) in [7, 11) is -1.94. The van der Waals surface area contributed by atoms with Crippen LogP contribution in [0, 0.1) is 34.0 Å². The summed E-state index contributed by atoms with van der Waals surface area (Å²) in [6, 6.07) is 18.0. The molecule has 1 aliphatic heterocycles. The van der Waals surface area contributed by atoms with E-state index < -0.39 is 13.7 Å². The number of hydrogen-bond acceptors (Lipinski definition) is 6. The van der Waals surface area contributed by atoms with Gasteiger partial charge in [-0.15, -0.1) is 0 Å². The smallest absolute Gasteiger partial charge is 0.192 e. The summed E-state index contributed by atoms with van der Waals surface area (Å²) in [4.78, 5) is 15.3. The van der Waals surface area contributed by atoms with Crippen molar-refractivity contribution in [2.24, 2.45) is 34.0 Å². The lowest BCUT2D eigenvalue weighted by Crippen LogP contribution is -2.66. The lowest BCUT2D eigenvalue weighted by atomic mass is 9.39. The fraction of sp³-hybridized carbons (Fsp3) is 0.674. The molecule has 2 saturated carbocycles. The number of nitrogen functional groups attached to an aromatic ring is 1. The molecule has 0 spiro atoms. The molecule has 0 aromatic heterocycles. The van der Waals surface area contributed by atoms with Crippen molar-refractivity contribution in [3.8, 4) is 0 Å². The van der Waals surface area contributed by atoms with Crippen LogP contribution in [0.25, 0.3) is 5.57 Å². The summed E-state index contributed by atoms with van der Waals surface area (Å²) in [6.07, 6.45) is 7.01. The molecule has 2 fully saturated rings. The monoisotopic (exact) mass is 743 g/mol. The lowest BCUT2D eigenvalue weighted by Gasteiger charge is -2.66. The van der Waals surface area contributed by atoms with Crippen LogP contribution in [-0.4, -0.2) is 49.7 Å². The van der Waals surface area contributed by atoms with Crippen molar-refractivity contribution >= 4 is 25.4 Å². The predicted molar refractivity (Wildman–Crippen MR) is 219 cm³/mol. The maximum absolute atomic E-state index is 15.3. The summed E-state index contributed by atoms with van der Waals surface area (Å²) < 4.78 is 20.6. The van der Waals surface area contributed by atoms with E-state index in [9.17, 15) is 5.11 Å². The average Bonchev–Trinajstić information content (AvgIpc) is 3.46. The van der Waals surface area contributed by atoms with Gasteiger partial charge in [0.25, 0.3) is 0 Å². The molecule has 0 saturated heterocycles. The third-order valence-electron chi connectivity index (χ3n) is 15.4. The topological polar surface area (TPSA) is 91.0 Å². The molecule has 292 valence electrons. The molecule has 0 amide bonds. The van der Waals surface area contributed by atoms with Gasteiger partial charge < -0.3 is 24.7 Å². The SMILES string of the molecule is CC[Si](CC)(CC)O[C@H]1CC[C@@]2(C)[C@@H](CC[C@@H](CO)[C@]2(C)C(=O)Cc2cc3c(cc2N)C[C@H]2C3=CC(C)(C)OC2(C)C)[C@]1(C)COCc1ccccc1. The van der Waals surface area contributed by atoms with E-state index in [1.807, 2.05) is 6.07 Å². The van der Waals surface area contributed by atoms with Crippen LogP contribution in [-0.2, 0) is 38.1 Å². The summed E-state index contributed by atoms with van der Waals surface area (Å²) in [5.41, 5.74) is 11.3. The van der Waals surface area contributed by atoms with Crippen LogP contribution < -0.4 is 5.73 Å². The van der Waals surface area contributed by atoms with E-state index in [2.05, 4.69) is 112 Å². The van der Waals surface area contributed by atoms with Crippen LogP contribution >= 0.6 is 0 Å². The van der Waals surface area contributed by atoms with Gasteiger partial charge in [0.1, 0.15) is 5.78 Å². The number of hydrogen-bond donors (Lipinski definition) is 2. The Bertz CT molecular complexity index is 1670. The minimum Gasteiger partial charge on any atom is -0.413 e. The number of fused-ring (bicyclic) bond motifs is 4. The molecule has 7 atom stereocenters. The lowest BCUT2D eigenvalue weighted by molar-refractivity contribution is -0.210. The zero-order chi connectivity index (χ0) is 38.6. The van der Waals surface area contributed by atoms with Crippen LogP contribution in [0.15, 0.2) is 48.5 Å². The Morgan fingerprint density at radius 1 is 0.962 bits per heavy atom. The number of ether oxygens (including phenoxy) is 2. The van der Waals surface area contributed by atoms with Crippen LogP contribution in [0.3, 0.4) is 0 Å². The third-order valence-corrected chi connectivity index (χ3v) is 20.0. The molecule has 3 N–H and O–H groups in total. The van der Waals surface area contributed by atoms with E-state index in [1.165, 1.54) is 16.7 Å². The first-order valence-electron chi connectivity index (χ1n) is 20.7. The maximum Gasteiger partial charge on any atom is 0.192 e. The molecule has 1 heterocycles. The molecule has 2 aromatic carbocycles. The molecule has 0 radical (unpaired) electrons. The Kier molecular flexibility index (Phi) is 11.2.